The van der Waals surface area contributed by atoms with Crippen molar-refractivity contribution in [3.8, 4) is 5.75 Å². The van der Waals surface area contributed by atoms with E-state index in [4.69, 9.17) is 4.74 Å². The summed E-state index contributed by atoms with van der Waals surface area (Å²) in [5.74, 6) is 0.714. The SMILES string of the molecule is Cc1cc(OCc2cccc(C(=O)Nc3ccn(Cc4cccc5ccccc45)n3)c2)ccc1[N+](=O)[O-]. The first-order valence-electron chi connectivity index (χ1n) is 11.7. The van der Waals surface area contributed by atoms with Gasteiger partial charge in [0.05, 0.1) is 11.5 Å². The number of rotatable bonds is 8. The molecular weight excluding hydrogens is 468 g/mol. The molecule has 0 saturated carbocycles. The number of nitro benzene ring substituents is 1. The van der Waals surface area contributed by atoms with Crippen molar-refractivity contribution < 1.29 is 14.5 Å². The molecule has 0 unspecified atom stereocenters. The summed E-state index contributed by atoms with van der Waals surface area (Å²) in [5, 5.41) is 20.7. The quantitative estimate of drug-likeness (QED) is 0.207. The third kappa shape index (κ3) is 5.48. The van der Waals surface area contributed by atoms with Gasteiger partial charge in [0.2, 0.25) is 0 Å². The molecule has 8 heteroatoms. The summed E-state index contributed by atoms with van der Waals surface area (Å²) in [5.41, 5.74) is 2.99. The lowest BCUT2D eigenvalue weighted by Gasteiger charge is -2.09. The molecule has 8 nitrogen and oxygen atoms in total. The van der Waals surface area contributed by atoms with Crippen LogP contribution in [-0.2, 0) is 13.2 Å². The van der Waals surface area contributed by atoms with Crippen molar-refractivity contribution in [3.05, 3.63) is 130 Å². The van der Waals surface area contributed by atoms with Crippen LogP contribution in [0.3, 0.4) is 0 Å². The molecule has 1 aromatic heterocycles. The highest BCUT2D eigenvalue weighted by molar-refractivity contribution is 6.03. The number of nitrogens with one attached hydrogen (secondary N) is 1. The monoisotopic (exact) mass is 492 g/mol. The van der Waals surface area contributed by atoms with Gasteiger partial charge in [0.1, 0.15) is 12.4 Å². The van der Waals surface area contributed by atoms with Crippen molar-refractivity contribution in [1.29, 1.82) is 0 Å². The Morgan fingerprint density at radius 1 is 1.00 bits per heavy atom. The number of aryl methyl sites for hydroxylation is 1. The van der Waals surface area contributed by atoms with E-state index in [1.807, 2.05) is 30.5 Å². The Labute approximate surface area is 213 Å². The number of benzene rings is 4. The second-order valence-electron chi connectivity index (χ2n) is 8.69. The second kappa shape index (κ2) is 10.3. The zero-order chi connectivity index (χ0) is 25.8. The summed E-state index contributed by atoms with van der Waals surface area (Å²) < 4.78 is 7.58. The minimum atomic E-state index is -0.423. The first-order chi connectivity index (χ1) is 18.0. The normalized spacial score (nSPS) is 10.8. The molecule has 0 spiro atoms. The molecule has 0 bridgehead atoms. The number of amides is 1. The average Bonchev–Trinajstić information content (AvgIpc) is 3.34. The van der Waals surface area contributed by atoms with E-state index in [9.17, 15) is 14.9 Å². The molecule has 184 valence electrons. The number of nitrogens with zero attached hydrogens (tertiary/aromatic N) is 3. The van der Waals surface area contributed by atoms with Gasteiger partial charge in [0.15, 0.2) is 5.82 Å². The summed E-state index contributed by atoms with van der Waals surface area (Å²) >= 11 is 0. The molecule has 0 fully saturated rings. The Morgan fingerprint density at radius 2 is 1.81 bits per heavy atom. The summed E-state index contributed by atoms with van der Waals surface area (Å²) in [6.45, 7) is 2.48. The smallest absolute Gasteiger partial charge is 0.272 e. The van der Waals surface area contributed by atoms with E-state index in [0.29, 0.717) is 29.2 Å². The van der Waals surface area contributed by atoms with E-state index < -0.39 is 4.92 Å². The maximum atomic E-state index is 12.9. The summed E-state index contributed by atoms with van der Waals surface area (Å²) in [7, 11) is 0. The molecule has 5 rings (SSSR count). The Morgan fingerprint density at radius 3 is 2.65 bits per heavy atom. The maximum Gasteiger partial charge on any atom is 0.272 e. The van der Waals surface area contributed by atoms with Gasteiger partial charge in [-0.25, -0.2) is 0 Å². The van der Waals surface area contributed by atoms with Crippen molar-refractivity contribution in [2.45, 2.75) is 20.1 Å². The van der Waals surface area contributed by atoms with E-state index in [1.165, 1.54) is 16.8 Å². The molecule has 5 aromatic rings. The number of carbonyl (C=O) groups is 1. The van der Waals surface area contributed by atoms with Crippen molar-refractivity contribution in [3.63, 3.8) is 0 Å². The molecule has 0 atom stereocenters. The molecule has 37 heavy (non-hydrogen) atoms. The molecule has 1 heterocycles. The lowest BCUT2D eigenvalue weighted by molar-refractivity contribution is -0.385. The van der Waals surface area contributed by atoms with Crippen LogP contribution >= 0.6 is 0 Å². The van der Waals surface area contributed by atoms with Gasteiger partial charge in [-0.15, -0.1) is 0 Å². The van der Waals surface area contributed by atoms with Crippen LogP contribution in [0.5, 0.6) is 5.75 Å². The number of nitro groups is 1. The molecule has 0 aliphatic rings. The predicted molar refractivity (Wildman–Crippen MR) is 142 cm³/mol. The van der Waals surface area contributed by atoms with Crippen LogP contribution in [0, 0.1) is 17.0 Å². The second-order valence-corrected chi connectivity index (χ2v) is 8.69. The lowest BCUT2D eigenvalue weighted by Crippen LogP contribution is -2.13. The highest BCUT2D eigenvalue weighted by atomic mass is 16.6. The van der Waals surface area contributed by atoms with Gasteiger partial charge in [-0.1, -0.05) is 54.6 Å². The van der Waals surface area contributed by atoms with Crippen LogP contribution in [-0.4, -0.2) is 20.6 Å². The third-order valence-corrected chi connectivity index (χ3v) is 6.05. The van der Waals surface area contributed by atoms with Gasteiger partial charge in [0, 0.05) is 29.5 Å². The molecule has 1 amide bonds. The first-order valence-corrected chi connectivity index (χ1v) is 11.7. The fourth-order valence-corrected chi connectivity index (χ4v) is 4.20. The van der Waals surface area contributed by atoms with Crippen LogP contribution in [0.25, 0.3) is 10.8 Å². The van der Waals surface area contributed by atoms with Crippen LogP contribution < -0.4 is 10.1 Å². The van der Waals surface area contributed by atoms with Crippen molar-refractivity contribution in [2.24, 2.45) is 0 Å². The fourth-order valence-electron chi connectivity index (χ4n) is 4.20. The third-order valence-electron chi connectivity index (χ3n) is 6.05. The van der Waals surface area contributed by atoms with Gasteiger partial charge in [-0.2, -0.15) is 5.10 Å². The van der Waals surface area contributed by atoms with Crippen LogP contribution in [0.4, 0.5) is 11.5 Å². The standard InChI is InChI=1S/C29H24N4O4/c1-20-16-25(12-13-27(20)33(35)36)37-19-21-6-4-9-23(17-21)29(34)30-28-14-15-32(31-28)18-24-10-5-8-22-7-2-3-11-26(22)24/h2-17H,18-19H2,1H3,(H,30,31,34). The van der Waals surface area contributed by atoms with Gasteiger partial charge in [-0.05, 0) is 53.1 Å². The number of anilines is 1. The van der Waals surface area contributed by atoms with Crippen LogP contribution in [0.15, 0.2) is 97.2 Å². The Hall–Kier alpha value is -4.98. The lowest BCUT2D eigenvalue weighted by atomic mass is 10.0. The highest BCUT2D eigenvalue weighted by Crippen LogP contribution is 2.24. The number of hydrogen-bond donors (Lipinski definition) is 1. The van der Waals surface area contributed by atoms with Gasteiger partial charge in [-0.3, -0.25) is 19.6 Å². The van der Waals surface area contributed by atoms with Gasteiger partial charge >= 0.3 is 0 Å². The number of aromatic nitrogens is 2. The summed E-state index contributed by atoms with van der Waals surface area (Å²) in [4.78, 5) is 23.4. The Bertz CT molecular complexity index is 1600. The molecule has 1 N–H and O–H groups in total. The van der Waals surface area contributed by atoms with Crippen LogP contribution in [0.2, 0.25) is 0 Å². The zero-order valence-corrected chi connectivity index (χ0v) is 20.1. The largest absolute Gasteiger partial charge is 0.489 e. The van der Waals surface area contributed by atoms with E-state index in [-0.39, 0.29) is 18.2 Å². The molecule has 0 saturated heterocycles. The van der Waals surface area contributed by atoms with Gasteiger partial charge < -0.3 is 10.1 Å². The predicted octanol–water partition coefficient (Wildman–Crippen LogP) is 6.13. The number of hydrogen-bond acceptors (Lipinski definition) is 5. The average molecular weight is 493 g/mol. The minimum Gasteiger partial charge on any atom is -0.489 e. The number of ether oxygens (including phenoxy) is 1. The van der Waals surface area contributed by atoms with E-state index >= 15 is 0 Å². The number of fused-ring (bicyclic) bond motifs is 1. The fraction of sp³-hybridized carbons (Fsp3) is 0.103. The topological polar surface area (TPSA) is 99.3 Å². The Balaban J connectivity index is 1.22. The summed E-state index contributed by atoms with van der Waals surface area (Å²) in [6.07, 6.45) is 1.84. The van der Waals surface area contributed by atoms with Gasteiger partial charge in [0.25, 0.3) is 11.6 Å². The van der Waals surface area contributed by atoms with E-state index in [2.05, 4.69) is 34.7 Å². The highest BCUT2D eigenvalue weighted by Gasteiger charge is 2.12. The maximum absolute atomic E-state index is 12.9. The van der Waals surface area contributed by atoms with E-state index in [0.717, 1.165) is 11.1 Å². The van der Waals surface area contributed by atoms with Crippen molar-refractivity contribution in [1.82, 2.24) is 9.78 Å². The van der Waals surface area contributed by atoms with Crippen LogP contribution in [0.1, 0.15) is 27.0 Å². The zero-order valence-electron chi connectivity index (χ0n) is 20.1. The molecule has 4 aromatic carbocycles. The molecule has 0 aliphatic carbocycles. The Kier molecular flexibility index (Phi) is 6.63. The molecular formula is C29H24N4O4. The molecule has 0 aliphatic heterocycles. The van der Waals surface area contributed by atoms with E-state index in [1.54, 1.807) is 48.0 Å². The van der Waals surface area contributed by atoms with Crippen molar-refractivity contribution in [2.75, 3.05) is 5.32 Å². The first kappa shape index (κ1) is 23.7. The van der Waals surface area contributed by atoms with Crippen molar-refractivity contribution >= 4 is 28.2 Å². The number of carbonyl (C=O) groups excluding carboxylic acids is 1. The molecule has 0 radical (unpaired) electrons. The minimum absolute atomic E-state index is 0.0468. The summed E-state index contributed by atoms with van der Waals surface area (Å²) in [6, 6.07) is 27.9.